The first kappa shape index (κ1) is 20.6. The fourth-order valence-corrected chi connectivity index (χ4v) is 6.64. The number of rotatable bonds is 4. The summed E-state index contributed by atoms with van der Waals surface area (Å²) in [6.45, 7) is 0.159. The van der Waals surface area contributed by atoms with Crippen molar-refractivity contribution >= 4 is 44.8 Å². The molecule has 8 nitrogen and oxygen atoms in total. The summed E-state index contributed by atoms with van der Waals surface area (Å²) in [6, 6.07) is 5.08. The fraction of sp³-hybridized carbons (Fsp3) is 0.391. The molecule has 0 saturated carbocycles. The zero-order chi connectivity index (χ0) is 22.4. The summed E-state index contributed by atoms with van der Waals surface area (Å²) < 4.78 is 10.7. The van der Waals surface area contributed by atoms with Crippen molar-refractivity contribution in [1.29, 1.82) is 0 Å². The van der Waals surface area contributed by atoms with E-state index in [0.29, 0.717) is 27.3 Å². The molecule has 3 heterocycles. The summed E-state index contributed by atoms with van der Waals surface area (Å²) in [4.78, 5) is 37.5. The Morgan fingerprint density at radius 3 is 2.61 bits per heavy atom. The number of ether oxygens (including phenoxy) is 2. The van der Waals surface area contributed by atoms with Crippen molar-refractivity contribution in [3.8, 4) is 11.5 Å². The molecular weight excluding hydrogens is 460 g/mol. The average molecular weight is 483 g/mol. The maximum absolute atomic E-state index is 13.1. The van der Waals surface area contributed by atoms with E-state index in [-0.39, 0.29) is 24.5 Å². The highest BCUT2D eigenvalue weighted by atomic mass is 32.1. The van der Waals surface area contributed by atoms with Crippen LogP contribution in [0.1, 0.15) is 63.1 Å². The van der Waals surface area contributed by atoms with Crippen LogP contribution in [-0.2, 0) is 24.1 Å². The van der Waals surface area contributed by atoms with Gasteiger partial charge < -0.3 is 14.8 Å². The summed E-state index contributed by atoms with van der Waals surface area (Å²) in [6.07, 6.45) is 6.91. The fourth-order valence-electron chi connectivity index (χ4n) is 4.53. The topological polar surface area (TPSA) is 102 Å². The van der Waals surface area contributed by atoms with E-state index in [4.69, 9.17) is 9.47 Å². The van der Waals surface area contributed by atoms with E-state index in [2.05, 4.69) is 20.6 Å². The predicted octanol–water partition coefficient (Wildman–Crippen LogP) is 4.52. The number of amides is 2. The Morgan fingerprint density at radius 1 is 0.909 bits per heavy atom. The Balaban J connectivity index is 1.17. The van der Waals surface area contributed by atoms with Gasteiger partial charge in [-0.05, 0) is 63.1 Å². The minimum atomic E-state index is -0.331. The number of nitrogens with one attached hydrogen (secondary N) is 2. The third kappa shape index (κ3) is 3.97. The molecule has 0 radical (unpaired) electrons. The molecule has 0 fully saturated rings. The summed E-state index contributed by atoms with van der Waals surface area (Å²) in [5.74, 6) is 0.518. The van der Waals surface area contributed by atoms with E-state index in [1.807, 2.05) is 0 Å². The van der Waals surface area contributed by atoms with Crippen LogP contribution < -0.4 is 20.1 Å². The molecule has 1 unspecified atom stereocenters. The highest BCUT2D eigenvalue weighted by Crippen LogP contribution is 2.39. The summed E-state index contributed by atoms with van der Waals surface area (Å²) in [5, 5.41) is 7.10. The second kappa shape index (κ2) is 8.42. The van der Waals surface area contributed by atoms with Gasteiger partial charge in [-0.15, -0.1) is 22.7 Å². The molecule has 3 aromatic rings. The third-order valence-corrected chi connectivity index (χ3v) is 8.32. The monoisotopic (exact) mass is 482 g/mol. The highest BCUT2D eigenvalue weighted by Gasteiger charge is 2.31. The lowest BCUT2D eigenvalue weighted by atomic mass is 9.90. The van der Waals surface area contributed by atoms with Crippen LogP contribution in [0, 0.1) is 0 Å². The van der Waals surface area contributed by atoms with Crippen LogP contribution in [0.5, 0.6) is 11.5 Å². The first-order valence-corrected chi connectivity index (χ1v) is 12.8. The van der Waals surface area contributed by atoms with Crippen LogP contribution in [-0.4, -0.2) is 28.6 Å². The van der Waals surface area contributed by atoms with Gasteiger partial charge in [0.2, 0.25) is 12.7 Å². The van der Waals surface area contributed by atoms with Gasteiger partial charge in [0.1, 0.15) is 0 Å². The van der Waals surface area contributed by atoms with Crippen molar-refractivity contribution in [2.45, 2.75) is 50.9 Å². The number of nitrogens with zero attached hydrogens (tertiary/aromatic N) is 2. The molecule has 2 amide bonds. The average Bonchev–Trinajstić information content (AvgIpc) is 3.54. The lowest BCUT2D eigenvalue weighted by molar-refractivity contribution is -0.117. The van der Waals surface area contributed by atoms with E-state index in [9.17, 15) is 9.59 Å². The molecule has 170 valence electrons. The van der Waals surface area contributed by atoms with Crippen LogP contribution in [0.3, 0.4) is 0 Å². The predicted molar refractivity (Wildman–Crippen MR) is 126 cm³/mol. The molecule has 0 saturated heterocycles. The van der Waals surface area contributed by atoms with Crippen LogP contribution in [0.2, 0.25) is 0 Å². The molecule has 1 aromatic carbocycles. The zero-order valence-corrected chi connectivity index (χ0v) is 19.4. The zero-order valence-electron chi connectivity index (χ0n) is 17.8. The maximum Gasteiger partial charge on any atom is 0.257 e. The van der Waals surface area contributed by atoms with Gasteiger partial charge in [0, 0.05) is 15.3 Å². The second-order valence-corrected chi connectivity index (χ2v) is 10.5. The van der Waals surface area contributed by atoms with Crippen molar-refractivity contribution in [3.05, 3.63) is 44.9 Å². The van der Waals surface area contributed by atoms with Crippen molar-refractivity contribution in [3.63, 3.8) is 0 Å². The highest BCUT2D eigenvalue weighted by molar-refractivity contribution is 7.16. The third-order valence-electron chi connectivity index (χ3n) is 6.20. The molecule has 1 atom stereocenters. The van der Waals surface area contributed by atoms with Crippen molar-refractivity contribution in [2.75, 3.05) is 17.4 Å². The molecule has 33 heavy (non-hydrogen) atoms. The number of aryl methyl sites for hydroxylation is 3. The van der Waals surface area contributed by atoms with Gasteiger partial charge >= 0.3 is 0 Å². The number of hydrogen-bond acceptors (Lipinski definition) is 8. The molecular formula is C23H22N4O4S2. The molecule has 2 aliphatic carbocycles. The lowest BCUT2D eigenvalue weighted by Gasteiger charge is -2.19. The van der Waals surface area contributed by atoms with Gasteiger partial charge in [0.05, 0.1) is 17.3 Å². The molecule has 1 aliphatic heterocycles. The van der Waals surface area contributed by atoms with Crippen LogP contribution in [0.25, 0.3) is 0 Å². The van der Waals surface area contributed by atoms with Crippen molar-refractivity contribution < 1.29 is 19.1 Å². The summed E-state index contributed by atoms with van der Waals surface area (Å²) in [7, 11) is 0. The van der Waals surface area contributed by atoms with Crippen LogP contribution in [0.4, 0.5) is 10.3 Å². The molecule has 2 aromatic heterocycles. The molecule has 0 spiro atoms. The van der Waals surface area contributed by atoms with Crippen molar-refractivity contribution in [2.24, 2.45) is 0 Å². The minimum absolute atomic E-state index is 0.0685. The van der Waals surface area contributed by atoms with Gasteiger partial charge in [-0.1, -0.05) is 0 Å². The van der Waals surface area contributed by atoms with Gasteiger partial charge in [0.15, 0.2) is 21.8 Å². The Labute approximate surface area is 198 Å². The van der Waals surface area contributed by atoms with Gasteiger partial charge in [0.25, 0.3) is 5.91 Å². The van der Waals surface area contributed by atoms with E-state index in [0.717, 1.165) is 54.8 Å². The Morgan fingerprint density at radius 2 is 1.70 bits per heavy atom. The Hall–Kier alpha value is -2.98. The number of thiazole rings is 2. The molecule has 10 heteroatoms. The number of benzene rings is 1. The minimum Gasteiger partial charge on any atom is -0.454 e. The first-order chi connectivity index (χ1) is 16.1. The van der Waals surface area contributed by atoms with E-state index in [1.165, 1.54) is 22.6 Å². The summed E-state index contributed by atoms with van der Waals surface area (Å²) >= 11 is 3.03. The molecule has 2 N–H and O–H groups in total. The van der Waals surface area contributed by atoms with E-state index < -0.39 is 0 Å². The first-order valence-electron chi connectivity index (χ1n) is 11.1. The van der Waals surface area contributed by atoms with Gasteiger partial charge in [-0.2, -0.15) is 0 Å². The molecule has 0 bridgehead atoms. The second-order valence-electron chi connectivity index (χ2n) is 8.38. The number of anilines is 2. The SMILES string of the molecule is O=C(Nc1nc2c(s1)CCCC2C(=O)Nc1nc2c(s1)CCCC2)c1ccc2c(c1)OCO2. The normalized spacial score (nSPS) is 18.4. The number of carbonyl (C=O) groups excluding carboxylic acids is 2. The smallest absolute Gasteiger partial charge is 0.257 e. The van der Waals surface area contributed by atoms with Crippen LogP contribution in [0.15, 0.2) is 18.2 Å². The standard InChI is InChI=1S/C23H22N4O4S2/c28-20(12-8-9-15-16(10-12)31-11-30-15)26-23-25-19-13(4-3-7-18(19)33-23)21(29)27-22-24-14-5-1-2-6-17(14)32-22/h8-10,13H,1-7,11H2,(H,24,27,29)(H,25,26,28). The number of carbonyl (C=O) groups is 2. The lowest BCUT2D eigenvalue weighted by Crippen LogP contribution is -2.24. The van der Waals surface area contributed by atoms with Gasteiger partial charge in [-0.25, -0.2) is 9.97 Å². The van der Waals surface area contributed by atoms with Crippen LogP contribution >= 0.6 is 22.7 Å². The van der Waals surface area contributed by atoms with E-state index >= 15 is 0 Å². The Kier molecular flexibility index (Phi) is 5.26. The Bertz CT molecular complexity index is 1230. The molecule has 3 aliphatic rings. The quantitative estimate of drug-likeness (QED) is 0.567. The van der Waals surface area contributed by atoms with E-state index in [1.54, 1.807) is 29.5 Å². The largest absolute Gasteiger partial charge is 0.454 e. The van der Waals surface area contributed by atoms with Gasteiger partial charge in [-0.3, -0.25) is 14.9 Å². The van der Waals surface area contributed by atoms with Crippen molar-refractivity contribution in [1.82, 2.24) is 9.97 Å². The molecule has 6 rings (SSSR count). The summed E-state index contributed by atoms with van der Waals surface area (Å²) in [5.41, 5.74) is 2.37. The number of aromatic nitrogens is 2. The maximum atomic E-state index is 13.1. The number of fused-ring (bicyclic) bond motifs is 3. The number of hydrogen-bond donors (Lipinski definition) is 2.